The molecule has 2 aromatic rings. The molecule has 2 aromatic carbocycles. The maximum Gasteiger partial charge on any atom is 0.240 e. The number of carbonyl (C=O) groups excluding carboxylic acids is 1. The van der Waals surface area contributed by atoms with Crippen LogP contribution in [0.5, 0.6) is 5.75 Å². The summed E-state index contributed by atoms with van der Waals surface area (Å²) < 4.78 is 6.28. The van der Waals surface area contributed by atoms with Gasteiger partial charge in [-0.05, 0) is 106 Å². The zero-order chi connectivity index (χ0) is 26.3. The standard InChI is InChI=1S/C31H41Cl2N3O2.2ClH/c32-26-11-10-25(28(33)23-26)22-29(35-16-4-1-5-17-35)31(37)36-18-12-24(13-19-36)27-8-2-3-9-30(27)38-21-20-34-14-6-7-15-34;;/h2-3,8-11,23-24,29H,1,4-7,12-22H2;2*1H/t29-;;/m1../s1. The predicted octanol–water partition coefficient (Wildman–Crippen LogP) is 7.11. The van der Waals surface area contributed by atoms with E-state index in [1.807, 2.05) is 12.1 Å². The van der Waals surface area contributed by atoms with Crippen molar-refractivity contribution in [2.45, 2.75) is 63.3 Å². The molecule has 0 unspecified atom stereocenters. The molecule has 0 radical (unpaired) electrons. The van der Waals surface area contributed by atoms with E-state index in [-0.39, 0.29) is 36.8 Å². The summed E-state index contributed by atoms with van der Waals surface area (Å²) in [4.78, 5) is 20.9. The Labute approximate surface area is 262 Å². The number of halogens is 4. The van der Waals surface area contributed by atoms with Crippen LogP contribution in [0.25, 0.3) is 0 Å². The third-order valence-electron chi connectivity index (χ3n) is 8.57. The minimum Gasteiger partial charge on any atom is -0.492 e. The van der Waals surface area contributed by atoms with Crippen LogP contribution >= 0.6 is 48.0 Å². The van der Waals surface area contributed by atoms with E-state index in [0.29, 0.717) is 22.4 Å². The largest absolute Gasteiger partial charge is 0.492 e. The Morgan fingerprint density at radius 3 is 2.25 bits per heavy atom. The molecule has 222 valence electrons. The SMILES string of the molecule is Cl.Cl.O=C([C@@H](Cc1ccc(Cl)cc1Cl)N1CCCCC1)N1CCC(c2ccccc2OCCN2CCCC2)CC1. The highest BCUT2D eigenvalue weighted by Crippen LogP contribution is 2.35. The molecular weight excluding hydrogens is 588 g/mol. The van der Waals surface area contributed by atoms with E-state index in [4.69, 9.17) is 27.9 Å². The smallest absolute Gasteiger partial charge is 0.240 e. The van der Waals surface area contributed by atoms with Gasteiger partial charge in [-0.1, -0.05) is 53.9 Å². The summed E-state index contributed by atoms with van der Waals surface area (Å²) in [7, 11) is 0. The zero-order valence-electron chi connectivity index (χ0n) is 23.2. The lowest BCUT2D eigenvalue weighted by atomic mass is 9.88. The van der Waals surface area contributed by atoms with E-state index < -0.39 is 0 Å². The molecule has 1 amide bonds. The van der Waals surface area contributed by atoms with Crippen LogP contribution in [-0.4, -0.2) is 79.1 Å². The van der Waals surface area contributed by atoms with E-state index >= 15 is 0 Å². The monoisotopic (exact) mass is 629 g/mol. The Hall–Kier alpha value is -1.21. The fourth-order valence-electron chi connectivity index (χ4n) is 6.36. The Bertz CT molecular complexity index is 1070. The van der Waals surface area contributed by atoms with Gasteiger partial charge in [0.2, 0.25) is 5.91 Å². The number of rotatable bonds is 9. The molecule has 40 heavy (non-hydrogen) atoms. The van der Waals surface area contributed by atoms with Gasteiger partial charge in [-0.2, -0.15) is 0 Å². The number of piperidine rings is 2. The first-order valence-electron chi connectivity index (χ1n) is 14.5. The van der Waals surface area contributed by atoms with Crippen molar-refractivity contribution < 1.29 is 9.53 Å². The van der Waals surface area contributed by atoms with E-state index in [0.717, 1.165) is 76.3 Å². The summed E-state index contributed by atoms with van der Waals surface area (Å²) in [6, 6.07) is 14.0. The molecule has 0 spiro atoms. The van der Waals surface area contributed by atoms with Crippen LogP contribution in [0.2, 0.25) is 10.0 Å². The quantitative estimate of drug-likeness (QED) is 0.296. The van der Waals surface area contributed by atoms with E-state index in [1.165, 1.54) is 37.9 Å². The number of amides is 1. The van der Waals surface area contributed by atoms with Gasteiger partial charge < -0.3 is 9.64 Å². The van der Waals surface area contributed by atoms with Gasteiger partial charge in [-0.15, -0.1) is 24.8 Å². The maximum absolute atomic E-state index is 13.9. The number of carbonyl (C=O) groups is 1. The topological polar surface area (TPSA) is 36.0 Å². The molecular formula is C31H43Cl4N3O2. The number of para-hydroxylation sites is 1. The summed E-state index contributed by atoms with van der Waals surface area (Å²) in [6.45, 7) is 7.63. The van der Waals surface area contributed by atoms with Crippen LogP contribution < -0.4 is 4.74 Å². The molecule has 1 atom stereocenters. The maximum atomic E-state index is 13.9. The summed E-state index contributed by atoms with van der Waals surface area (Å²) in [5.74, 6) is 1.67. The van der Waals surface area contributed by atoms with Gasteiger partial charge >= 0.3 is 0 Å². The summed E-state index contributed by atoms with van der Waals surface area (Å²) in [5, 5.41) is 1.27. The molecule has 5 nitrogen and oxygen atoms in total. The Morgan fingerprint density at radius 1 is 0.875 bits per heavy atom. The molecule has 0 aromatic heterocycles. The molecule has 0 saturated carbocycles. The fraction of sp³-hybridized carbons (Fsp3) is 0.581. The molecule has 3 saturated heterocycles. The van der Waals surface area contributed by atoms with Crippen LogP contribution in [0.1, 0.15) is 62.0 Å². The number of ether oxygens (including phenoxy) is 1. The minimum absolute atomic E-state index is 0. The van der Waals surface area contributed by atoms with Crippen LogP contribution in [-0.2, 0) is 11.2 Å². The highest BCUT2D eigenvalue weighted by molar-refractivity contribution is 6.35. The van der Waals surface area contributed by atoms with Crippen LogP contribution in [0.4, 0.5) is 0 Å². The second kappa shape index (κ2) is 16.4. The van der Waals surface area contributed by atoms with Crippen LogP contribution in [0.15, 0.2) is 42.5 Å². The molecule has 9 heteroatoms. The van der Waals surface area contributed by atoms with Crippen LogP contribution in [0, 0.1) is 0 Å². The summed E-state index contributed by atoms with van der Waals surface area (Å²) in [6.07, 6.45) is 8.70. The Balaban J connectivity index is 0.00000220. The average molecular weight is 632 g/mol. The Morgan fingerprint density at radius 2 is 1.55 bits per heavy atom. The first-order valence-corrected chi connectivity index (χ1v) is 15.2. The number of nitrogens with zero attached hydrogens (tertiary/aromatic N) is 3. The van der Waals surface area contributed by atoms with Crippen molar-refractivity contribution in [2.24, 2.45) is 0 Å². The molecule has 3 aliphatic heterocycles. The second-order valence-corrected chi connectivity index (χ2v) is 11.9. The molecule has 3 aliphatic rings. The molecule has 0 N–H and O–H groups in total. The second-order valence-electron chi connectivity index (χ2n) is 11.1. The van der Waals surface area contributed by atoms with Crippen molar-refractivity contribution in [1.82, 2.24) is 14.7 Å². The van der Waals surface area contributed by atoms with Gasteiger partial charge in [-0.25, -0.2) is 0 Å². The molecule has 3 fully saturated rings. The van der Waals surface area contributed by atoms with E-state index in [9.17, 15) is 4.79 Å². The van der Waals surface area contributed by atoms with Crippen LogP contribution in [0.3, 0.4) is 0 Å². The molecule has 5 rings (SSSR count). The van der Waals surface area contributed by atoms with E-state index in [2.05, 4.69) is 39.0 Å². The number of likely N-dealkylation sites (tertiary alicyclic amines) is 3. The predicted molar refractivity (Wildman–Crippen MR) is 170 cm³/mol. The molecule has 0 bridgehead atoms. The highest BCUT2D eigenvalue weighted by atomic mass is 35.5. The van der Waals surface area contributed by atoms with Gasteiger partial charge in [0.25, 0.3) is 0 Å². The van der Waals surface area contributed by atoms with Gasteiger partial charge in [0.05, 0.1) is 6.04 Å². The lowest BCUT2D eigenvalue weighted by Gasteiger charge is -2.39. The van der Waals surface area contributed by atoms with Crippen molar-refractivity contribution in [3.05, 3.63) is 63.6 Å². The van der Waals surface area contributed by atoms with Crippen molar-refractivity contribution >= 4 is 53.9 Å². The summed E-state index contributed by atoms with van der Waals surface area (Å²) >= 11 is 12.7. The molecule has 3 heterocycles. The van der Waals surface area contributed by atoms with Crippen molar-refractivity contribution in [2.75, 3.05) is 52.4 Å². The normalized spacial score (nSPS) is 19.5. The lowest BCUT2D eigenvalue weighted by Crippen LogP contribution is -2.53. The third-order valence-corrected chi connectivity index (χ3v) is 9.16. The number of hydrogen-bond acceptors (Lipinski definition) is 4. The highest BCUT2D eigenvalue weighted by Gasteiger charge is 2.34. The number of hydrogen-bond donors (Lipinski definition) is 0. The minimum atomic E-state index is -0.174. The van der Waals surface area contributed by atoms with E-state index in [1.54, 1.807) is 6.07 Å². The van der Waals surface area contributed by atoms with Gasteiger partial charge in [0, 0.05) is 29.7 Å². The zero-order valence-corrected chi connectivity index (χ0v) is 26.4. The first-order chi connectivity index (χ1) is 18.6. The Kier molecular flexibility index (Phi) is 13.7. The molecule has 0 aliphatic carbocycles. The van der Waals surface area contributed by atoms with Crippen molar-refractivity contribution in [3.63, 3.8) is 0 Å². The number of benzene rings is 2. The van der Waals surface area contributed by atoms with Gasteiger partial charge in [-0.3, -0.25) is 14.6 Å². The van der Waals surface area contributed by atoms with Crippen molar-refractivity contribution in [1.29, 1.82) is 0 Å². The van der Waals surface area contributed by atoms with Gasteiger partial charge in [0.15, 0.2) is 0 Å². The summed E-state index contributed by atoms with van der Waals surface area (Å²) in [5.41, 5.74) is 2.29. The van der Waals surface area contributed by atoms with Gasteiger partial charge in [0.1, 0.15) is 12.4 Å². The van der Waals surface area contributed by atoms with Crippen molar-refractivity contribution in [3.8, 4) is 5.75 Å². The fourth-order valence-corrected chi connectivity index (χ4v) is 6.85. The average Bonchev–Trinajstić information content (AvgIpc) is 3.47. The first kappa shape index (κ1) is 33.3. The lowest BCUT2D eigenvalue weighted by molar-refractivity contribution is -0.138. The third kappa shape index (κ3) is 8.65.